The van der Waals surface area contributed by atoms with Crippen LogP contribution in [0.2, 0.25) is 0 Å². The monoisotopic (exact) mass is 317 g/mol. The van der Waals surface area contributed by atoms with E-state index in [1.165, 1.54) is 0 Å². The van der Waals surface area contributed by atoms with Crippen molar-refractivity contribution >= 4 is 12.1 Å². The molecular formula is C16H31NO5. The van der Waals surface area contributed by atoms with Crippen LogP contribution < -0.4 is 5.32 Å². The van der Waals surface area contributed by atoms with Gasteiger partial charge in [0.25, 0.3) is 0 Å². The van der Waals surface area contributed by atoms with Gasteiger partial charge in [0.05, 0.1) is 19.6 Å². The predicted octanol–water partition coefficient (Wildman–Crippen LogP) is 3.05. The second-order valence-electron chi connectivity index (χ2n) is 8.25. The van der Waals surface area contributed by atoms with E-state index in [9.17, 15) is 9.59 Å². The van der Waals surface area contributed by atoms with Gasteiger partial charge < -0.3 is 19.9 Å². The lowest BCUT2D eigenvalue weighted by Crippen LogP contribution is -2.40. The molecule has 0 aromatic heterocycles. The highest BCUT2D eigenvalue weighted by Crippen LogP contribution is 2.22. The Morgan fingerprint density at radius 3 is 1.91 bits per heavy atom. The van der Waals surface area contributed by atoms with E-state index < -0.39 is 23.1 Å². The number of aliphatic carboxylic acids is 1. The maximum absolute atomic E-state index is 11.6. The van der Waals surface area contributed by atoms with E-state index in [0.29, 0.717) is 19.8 Å². The molecule has 0 atom stereocenters. The van der Waals surface area contributed by atoms with Crippen LogP contribution in [-0.2, 0) is 14.3 Å². The van der Waals surface area contributed by atoms with E-state index >= 15 is 0 Å². The van der Waals surface area contributed by atoms with Crippen LogP contribution >= 0.6 is 0 Å². The van der Waals surface area contributed by atoms with Gasteiger partial charge in [-0.05, 0) is 26.2 Å². The van der Waals surface area contributed by atoms with Gasteiger partial charge in [-0.15, -0.1) is 0 Å². The Morgan fingerprint density at radius 2 is 1.45 bits per heavy atom. The van der Waals surface area contributed by atoms with Crippen molar-refractivity contribution in [2.24, 2.45) is 10.8 Å². The number of hydrogen-bond donors (Lipinski definition) is 2. The molecule has 0 aliphatic rings. The van der Waals surface area contributed by atoms with E-state index in [1.54, 1.807) is 0 Å². The fourth-order valence-electron chi connectivity index (χ4n) is 1.74. The Hall–Kier alpha value is -1.30. The number of carboxylic acid groups (broad SMARTS) is 1. The number of carboxylic acids is 1. The first-order valence-electron chi connectivity index (χ1n) is 7.49. The average Bonchev–Trinajstić information content (AvgIpc) is 2.21. The molecule has 6 nitrogen and oxygen atoms in total. The number of ether oxygens (including phenoxy) is 2. The Labute approximate surface area is 133 Å². The van der Waals surface area contributed by atoms with E-state index in [-0.39, 0.29) is 11.8 Å². The number of nitrogens with one attached hydrogen (secondary N) is 1. The molecule has 6 heteroatoms. The summed E-state index contributed by atoms with van der Waals surface area (Å²) in [6.45, 7) is 14.3. The van der Waals surface area contributed by atoms with Crippen molar-refractivity contribution in [1.29, 1.82) is 0 Å². The topological polar surface area (TPSA) is 84.9 Å². The van der Waals surface area contributed by atoms with Crippen LogP contribution in [0.1, 0.15) is 54.9 Å². The Balaban J connectivity index is 4.15. The van der Waals surface area contributed by atoms with Gasteiger partial charge in [0.2, 0.25) is 0 Å². The molecule has 22 heavy (non-hydrogen) atoms. The van der Waals surface area contributed by atoms with E-state index in [4.69, 9.17) is 14.6 Å². The first-order valence-corrected chi connectivity index (χ1v) is 7.49. The second kappa shape index (κ2) is 7.81. The number of rotatable bonds is 8. The highest BCUT2D eigenvalue weighted by molar-refractivity contribution is 5.68. The first kappa shape index (κ1) is 20.7. The molecule has 0 heterocycles. The zero-order chi connectivity index (χ0) is 17.6. The molecule has 0 bridgehead atoms. The largest absolute Gasteiger partial charge is 0.481 e. The maximum atomic E-state index is 11.6. The van der Waals surface area contributed by atoms with Crippen LogP contribution in [0.5, 0.6) is 0 Å². The highest BCUT2D eigenvalue weighted by atomic mass is 16.6. The van der Waals surface area contributed by atoms with Crippen LogP contribution in [0, 0.1) is 10.8 Å². The lowest BCUT2D eigenvalue weighted by Gasteiger charge is -2.29. The minimum absolute atomic E-state index is 0.0591. The summed E-state index contributed by atoms with van der Waals surface area (Å²) in [5.74, 6) is -0.834. The molecule has 0 aliphatic carbocycles. The third-order valence-electron chi connectivity index (χ3n) is 2.73. The van der Waals surface area contributed by atoms with Crippen molar-refractivity contribution < 1.29 is 24.2 Å². The lowest BCUT2D eigenvalue weighted by atomic mass is 9.90. The molecule has 1 amide bonds. The molecule has 0 saturated carbocycles. The number of hydrogen-bond acceptors (Lipinski definition) is 4. The van der Waals surface area contributed by atoms with Gasteiger partial charge in [0, 0.05) is 12.0 Å². The SMILES string of the molecule is CC(C)(CNC(=O)OC(C)(C)C)COCC(C)(C)CC(=O)O. The fourth-order valence-corrected chi connectivity index (χ4v) is 1.74. The highest BCUT2D eigenvalue weighted by Gasteiger charge is 2.25. The van der Waals surface area contributed by atoms with Crippen molar-refractivity contribution in [3.63, 3.8) is 0 Å². The molecule has 0 spiro atoms. The third kappa shape index (κ3) is 11.4. The first-order chi connectivity index (χ1) is 9.72. The minimum Gasteiger partial charge on any atom is -0.481 e. The summed E-state index contributed by atoms with van der Waals surface area (Å²) in [5.41, 5.74) is -1.21. The van der Waals surface area contributed by atoms with Gasteiger partial charge in [0.1, 0.15) is 5.60 Å². The molecule has 0 radical (unpaired) electrons. The van der Waals surface area contributed by atoms with Gasteiger partial charge in [-0.25, -0.2) is 4.79 Å². The second-order valence-corrected chi connectivity index (χ2v) is 8.25. The number of amides is 1. The zero-order valence-electron chi connectivity index (χ0n) is 14.9. The van der Waals surface area contributed by atoms with Crippen molar-refractivity contribution in [1.82, 2.24) is 5.32 Å². The van der Waals surface area contributed by atoms with Crippen molar-refractivity contribution in [2.45, 2.75) is 60.5 Å². The third-order valence-corrected chi connectivity index (χ3v) is 2.73. The van der Waals surface area contributed by atoms with E-state index in [2.05, 4.69) is 5.32 Å². The fraction of sp³-hybridized carbons (Fsp3) is 0.875. The molecule has 2 N–H and O–H groups in total. The van der Waals surface area contributed by atoms with Crippen LogP contribution in [0.4, 0.5) is 4.79 Å². The summed E-state index contributed by atoms with van der Waals surface area (Å²) in [6.07, 6.45) is -0.393. The Kier molecular flexibility index (Phi) is 7.35. The van der Waals surface area contributed by atoms with Crippen LogP contribution in [0.3, 0.4) is 0 Å². The standard InChI is InChI=1S/C16H31NO5/c1-14(2,3)22-13(20)17-9-16(6,7)11-21-10-15(4,5)8-12(18)19/h8-11H2,1-7H3,(H,17,20)(H,18,19). The molecule has 0 aliphatic heterocycles. The molecule has 0 aromatic rings. The van der Waals surface area contributed by atoms with Gasteiger partial charge in [-0.3, -0.25) is 4.79 Å². The Bertz CT molecular complexity index is 382. The zero-order valence-corrected chi connectivity index (χ0v) is 14.9. The summed E-state index contributed by atoms with van der Waals surface area (Å²) in [5, 5.41) is 11.6. The molecule has 0 unspecified atom stereocenters. The summed E-state index contributed by atoms with van der Waals surface area (Å²) in [6, 6.07) is 0. The van der Waals surface area contributed by atoms with Crippen molar-refractivity contribution in [3.8, 4) is 0 Å². The van der Waals surface area contributed by atoms with Crippen LogP contribution in [0.15, 0.2) is 0 Å². The number of carbonyl (C=O) groups is 2. The normalized spacial score (nSPS) is 12.9. The van der Waals surface area contributed by atoms with Crippen molar-refractivity contribution in [2.75, 3.05) is 19.8 Å². The smallest absolute Gasteiger partial charge is 0.407 e. The van der Waals surface area contributed by atoms with Crippen LogP contribution in [-0.4, -0.2) is 42.5 Å². The van der Waals surface area contributed by atoms with Gasteiger partial charge in [0.15, 0.2) is 0 Å². The molecule has 0 fully saturated rings. The number of alkyl carbamates (subject to hydrolysis) is 1. The summed E-state index contributed by atoms with van der Waals surface area (Å²) >= 11 is 0. The molecular weight excluding hydrogens is 286 g/mol. The summed E-state index contributed by atoms with van der Waals surface area (Å²) in [4.78, 5) is 22.4. The molecule has 0 saturated heterocycles. The quantitative estimate of drug-likeness (QED) is 0.718. The van der Waals surface area contributed by atoms with Crippen LogP contribution in [0.25, 0.3) is 0 Å². The lowest BCUT2D eigenvalue weighted by molar-refractivity contribution is -0.140. The summed E-state index contributed by atoms with van der Waals surface area (Å²) < 4.78 is 10.8. The van der Waals surface area contributed by atoms with Gasteiger partial charge in [-0.2, -0.15) is 0 Å². The Morgan fingerprint density at radius 1 is 0.955 bits per heavy atom. The predicted molar refractivity (Wildman–Crippen MR) is 84.9 cm³/mol. The van der Waals surface area contributed by atoms with E-state index in [1.807, 2.05) is 48.5 Å². The molecule has 0 rings (SSSR count). The van der Waals surface area contributed by atoms with Crippen molar-refractivity contribution in [3.05, 3.63) is 0 Å². The van der Waals surface area contributed by atoms with Gasteiger partial charge >= 0.3 is 12.1 Å². The maximum Gasteiger partial charge on any atom is 0.407 e. The van der Waals surface area contributed by atoms with Gasteiger partial charge in [-0.1, -0.05) is 27.7 Å². The van der Waals surface area contributed by atoms with E-state index in [0.717, 1.165) is 0 Å². The molecule has 130 valence electrons. The molecule has 0 aromatic carbocycles. The number of carbonyl (C=O) groups excluding carboxylic acids is 1. The average molecular weight is 317 g/mol. The minimum atomic E-state index is -0.834. The summed E-state index contributed by atoms with van der Waals surface area (Å²) in [7, 11) is 0.